The van der Waals surface area contributed by atoms with Crippen molar-refractivity contribution in [2.75, 3.05) is 6.61 Å². The molecule has 0 saturated carbocycles. The molecule has 3 aromatic rings. The van der Waals surface area contributed by atoms with E-state index in [9.17, 15) is 40.6 Å². The molecule has 0 spiro atoms. The highest BCUT2D eigenvalue weighted by Gasteiger charge is 2.43. The van der Waals surface area contributed by atoms with Crippen molar-refractivity contribution in [1.82, 2.24) is 4.98 Å². The Hall–Kier alpha value is -3.61. The van der Waals surface area contributed by atoms with Gasteiger partial charge < -0.3 is 19.4 Å². The first-order valence-corrected chi connectivity index (χ1v) is 10.3. The van der Waals surface area contributed by atoms with Crippen molar-refractivity contribution >= 4 is 17.6 Å². The topological polar surface area (TPSA) is 71.5 Å². The van der Waals surface area contributed by atoms with Crippen LogP contribution in [0.5, 0.6) is 17.4 Å². The molecule has 0 amide bonds. The van der Waals surface area contributed by atoms with Gasteiger partial charge in [-0.05, 0) is 18.6 Å². The van der Waals surface area contributed by atoms with Gasteiger partial charge in [0.05, 0.1) is 22.8 Å². The molecule has 0 N–H and O–H groups in total. The van der Waals surface area contributed by atoms with Crippen molar-refractivity contribution in [1.29, 1.82) is 0 Å². The number of carboxylic acid groups (broad SMARTS) is 1. The average molecular weight is 555 g/mol. The van der Waals surface area contributed by atoms with Gasteiger partial charge in [0.25, 0.3) is 0 Å². The molecular formula is C23H13ClF8NO4-. The number of alkyl halides is 7. The third-order valence-electron chi connectivity index (χ3n) is 4.80. The summed E-state index contributed by atoms with van der Waals surface area (Å²) in [6.45, 7) is -0.395. The number of nitrogens with zero attached hydrogens (tertiary/aromatic N) is 1. The number of carboxylic acids is 1. The summed E-state index contributed by atoms with van der Waals surface area (Å²) in [6.07, 6.45) is -8.91. The third-order valence-corrected chi connectivity index (χ3v) is 5.08. The van der Waals surface area contributed by atoms with Crippen molar-refractivity contribution in [3.05, 3.63) is 70.1 Å². The molecule has 37 heavy (non-hydrogen) atoms. The lowest BCUT2D eigenvalue weighted by molar-refractivity contribution is -0.255. The van der Waals surface area contributed by atoms with E-state index in [0.29, 0.717) is 12.3 Å². The van der Waals surface area contributed by atoms with Crippen molar-refractivity contribution in [2.45, 2.75) is 25.4 Å². The molecule has 5 nitrogen and oxygen atoms in total. The Morgan fingerprint density at radius 1 is 1.11 bits per heavy atom. The summed E-state index contributed by atoms with van der Waals surface area (Å²) in [5, 5.41) is 10.8. The average Bonchev–Trinajstić information content (AvgIpc) is 2.80. The van der Waals surface area contributed by atoms with Crippen LogP contribution in [0.25, 0.3) is 11.1 Å². The molecular weight excluding hydrogens is 542 g/mol. The maximum atomic E-state index is 15.2. The Morgan fingerprint density at radius 2 is 1.73 bits per heavy atom. The minimum atomic E-state index is -5.27. The van der Waals surface area contributed by atoms with E-state index in [1.54, 1.807) is 6.92 Å². The zero-order valence-corrected chi connectivity index (χ0v) is 19.1. The first kappa shape index (κ1) is 28.0. The molecule has 0 aliphatic heterocycles. The molecule has 0 fully saturated rings. The number of aromatic carboxylic acids is 1. The van der Waals surface area contributed by atoms with Crippen LogP contribution in [0.1, 0.15) is 21.5 Å². The Bertz CT molecular complexity index is 1310. The lowest BCUT2D eigenvalue weighted by atomic mass is 9.99. The number of hydrogen-bond acceptors (Lipinski definition) is 5. The van der Waals surface area contributed by atoms with Crippen LogP contribution in [-0.2, 0) is 6.18 Å². The van der Waals surface area contributed by atoms with Crippen LogP contribution in [-0.4, -0.2) is 29.9 Å². The summed E-state index contributed by atoms with van der Waals surface area (Å²) in [7, 11) is 0. The van der Waals surface area contributed by atoms with Gasteiger partial charge in [-0.15, -0.1) is 0 Å². The smallest absolute Gasteiger partial charge is 0.421 e. The number of aryl methyl sites for hydroxylation is 1. The van der Waals surface area contributed by atoms with Gasteiger partial charge in [0.2, 0.25) is 5.88 Å². The maximum absolute atomic E-state index is 15.2. The fourth-order valence-electron chi connectivity index (χ4n) is 2.99. The molecule has 14 heteroatoms. The molecule has 0 bridgehead atoms. The molecule has 0 unspecified atom stereocenters. The Labute approximate surface area is 208 Å². The molecule has 0 aliphatic rings. The Kier molecular flexibility index (Phi) is 7.86. The zero-order valence-electron chi connectivity index (χ0n) is 18.3. The molecule has 1 aromatic heterocycles. The van der Waals surface area contributed by atoms with Gasteiger partial charge in [0.1, 0.15) is 17.1 Å². The van der Waals surface area contributed by atoms with Gasteiger partial charge in [0.15, 0.2) is 12.4 Å². The summed E-state index contributed by atoms with van der Waals surface area (Å²) in [5.74, 6) is -10.8. The number of ether oxygens (including phenoxy) is 2. The number of halogens is 9. The molecule has 3 rings (SSSR count). The van der Waals surface area contributed by atoms with Gasteiger partial charge in [0, 0.05) is 11.6 Å². The van der Waals surface area contributed by atoms with Crippen molar-refractivity contribution in [3.8, 4) is 28.5 Å². The summed E-state index contributed by atoms with van der Waals surface area (Å²) < 4.78 is 116. The summed E-state index contributed by atoms with van der Waals surface area (Å²) in [6, 6.07) is 6.67. The van der Waals surface area contributed by atoms with E-state index in [0.717, 1.165) is 5.56 Å². The minimum Gasteiger partial charge on any atom is -0.545 e. The standard InChI is InChI=1S/C23H14ClF8NO4/c1-10-2-4-11(5-3-10)16-17(25)13(20(34)35)7-15(24)18(16)37-12-6-14(23(30,31)32)19(33-8-12)36-9-22(28,29)21(26)27/h2-8,21H,9H2,1H3,(H,34,35)/p-1. The van der Waals surface area contributed by atoms with Crippen molar-refractivity contribution in [2.24, 2.45) is 0 Å². The van der Waals surface area contributed by atoms with Gasteiger partial charge in [-0.1, -0.05) is 41.4 Å². The molecule has 0 saturated heterocycles. The second-order valence-corrected chi connectivity index (χ2v) is 7.96. The highest BCUT2D eigenvalue weighted by Crippen LogP contribution is 2.44. The molecule has 2 aromatic carbocycles. The van der Waals surface area contributed by atoms with Crippen LogP contribution in [0.4, 0.5) is 35.1 Å². The second kappa shape index (κ2) is 10.4. The zero-order chi connectivity index (χ0) is 27.7. The second-order valence-electron chi connectivity index (χ2n) is 7.55. The number of benzene rings is 2. The Morgan fingerprint density at radius 3 is 2.27 bits per heavy atom. The van der Waals surface area contributed by atoms with Gasteiger partial charge in [-0.25, -0.2) is 18.2 Å². The van der Waals surface area contributed by atoms with Crippen LogP contribution >= 0.6 is 11.6 Å². The number of carbonyl (C=O) groups is 1. The van der Waals surface area contributed by atoms with Crippen LogP contribution < -0.4 is 14.6 Å². The predicted molar refractivity (Wildman–Crippen MR) is 112 cm³/mol. The van der Waals surface area contributed by atoms with E-state index in [-0.39, 0.29) is 11.6 Å². The summed E-state index contributed by atoms with van der Waals surface area (Å²) in [4.78, 5) is 14.6. The first-order chi connectivity index (χ1) is 17.1. The fraction of sp³-hybridized carbons (Fsp3) is 0.217. The number of aromatic nitrogens is 1. The molecule has 0 aliphatic carbocycles. The monoisotopic (exact) mass is 554 g/mol. The van der Waals surface area contributed by atoms with Gasteiger partial charge in [-0.2, -0.15) is 22.0 Å². The number of carbonyl (C=O) groups excluding carboxylic acids is 1. The van der Waals surface area contributed by atoms with Crippen LogP contribution in [0.2, 0.25) is 5.02 Å². The highest BCUT2D eigenvalue weighted by atomic mass is 35.5. The van der Waals surface area contributed by atoms with Crippen LogP contribution in [0.15, 0.2) is 42.6 Å². The fourth-order valence-corrected chi connectivity index (χ4v) is 3.23. The number of pyridine rings is 1. The number of hydrogen-bond donors (Lipinski definition) is 0. The SMILES string of the molecule is Cc1ccc(-c2c(F)c(C(=O)[O-])cc(Cl)c2Oc2cnc(OCC(F)(F)C(F)F)c(C(F)(F)F)c2)cc1. The van der Waals surface area contributed by atoms with Gasteiger partial charge in [-0.3, -0.25) is 0 Å². The maximum Gasteiger partial charge on any atom is 0.421 e. The quantitative estimate of drug-likeness (QED) is 0.306. The minimum absolute atomic E-state index is 0.0429. The third kappa shape index (κ3) is 6.21. The normalized spacial score (nSPS) is 12.1. The molecule has 0 atom stereocenters. The van der Waals surface area contributed by atoms with E-state index in [1.165, 1.54) is 24.3 Å². The van der Waals surface area contributed by atoms with Crippen LogP contribution in [0.3, 0.4) is 0 Å². The lowest BCUT2D eigenvalue weighted by Crippen LogP contribution is -2.34. The molecule has 198 valence electrons. The largest absolute Gasteiger partial charge is 0.545 e. The Balaban J connectivity index is 2.10. The van der Waals surface area contributed by atoms with E-state index in [4.69, 9.17) is 16.3 Å². The van der Waals surface area contributed by atoms with Crippen molar-refractivity contribution < 1.29 is 54.5 Å². The van der Waals surface area contributed by atoms with Gasteiger partial charge >= 0.3 is 18.5 Å². The van der Waals surface area contributed by atoms with E-state index in [2.05, 4.69) is 9.72 Å². The van der Waals surface area contributed by atoms with Crippen molar-refractivity contribution in [3.63, 3.8) is 0 Å². The van der Waals surface area contributed by atoms with E-state index < -0.39 is 76.0 Å². The lowest BCUT2D eigenvalue weighted by Gasteiger charge is -2.20. The highest BCUT2D eigenvalue weighted by molar-refractivity contribution is 6.33. The first-order valence-electron chi connectivity index (χ1n) is 9.96. The van der Waals surface area contributed by atoms with Crippen LogP contribution in [0, 0.1) is 12.7 Å². The van der Waals surface area contributed by atoms with E-state index in [1.807, 2.05) is 0 Å². The summed E-state index contributed by atoms with van der Waals surface area (Å²) in [5.41, 5.74) is -2.47. The molecule has 0 radical (unpaired) electrons. The summed E-state index contributed by atoms with van der Waals surface area (Å²) >= 11 is 6.07. The molecule has 1 heterocycles. The van der Waals surface area contributed by atoms with E-state index >= 15 is 4.39 Å². The predicted octanol–water partition coefficient (Wildman–Crippen LogP) is 6.30. The number of rotatable bonds is 8.